The molecule has 12 unspecified atom stereocenters. The summed E-state index contributed by atoms with van der Waals surface area (Å²) in [5.41, 5.74) is 16.3. The molecule has 4 heterocycles. The highest BCUT2D eigenvalue weighted by molar-refractivity contribution is 6.31. The van der Waals surface area contributed by atoms with Gasteiger partial charge in [0, 0.05) is 84.7 Å². The predicted molar refractivity (Wildman–Crippen MR) is 268 cm³/mol. The highest BCUT2D eigenvalue weighted by Gasteiger charge is 2.65. The standard InChI is InChI=1S/C53H64N8O15/c1-57-50(56)60-30-15-24-9-12-51(27-4-6-33(54)59-19-27)26(11-14-62)3-5-28-37(43(24)51)40(30)45(68)42-38(28)44(67)39-29(21-63)31(74-2)17-32(41(39)46(42)69)75-49-47(70)48(71)52(72,53(73,22-64)76-49)18-25(23-10-13-58-34(55)16-23)20-61-35(65)7-8-36(61)66/h4,6-8,10,16-17,19,24-26,30,33,43,47-49,58-59,62-64,68,70-73H,3,5,9,11-15,18,20-22,54-55H2,1-2H3,(H3,56,57,60). The summed E-state index contributed by atoms with van der Waals surface area (Å²) in [5, 5.41) is 103. The van der Waals surface area contributed by atoms with E-state index >= 15 is 9.59 Å². The lowest BCUT2D eigenvalue weighted by molar-refractivity contribution is -0.420. The van der Waals surface area contributed by atoms with Crippen LogP contribution in [0, 0.1) is 23.2 Å². The Bertz CT molecular complexity index is 2970. The second kappa shape index (κ2) is 19.7. The van der Waals surface area contributed by atoms with Gasteiger partial charge in [0.15, 0.2) is 11.7 Å². The van der Waals surface area contributed by atoms with Crippen molar-refractivity contribution in [3.8, 4) is 17.2 Å². The Morgan fingerprint density at radius 2 is 1.75 bits per heavy atom. The minimum atomic E-state index is -3.20. The Morgan fingerprint density at radius 3 is 2.39 bits per heavy atom. The SMILES string of the molecule is CN=C(N)NC1CC2CCC3(C4=CNC(N)C=C4)C(CCO)CCc4c5c(c(O)c1c4C23)C(=O)c1c(OC2OC(O)(CO)C(O)(CC(CN3C(=O)C=CC3=O)C3=CCNC(N)=C3)C(O)C2O)cc(OC)c(CO)c1C5=O. The van der Waals surface area contributed by atoms with E-state index in [2.05, 4.69) is 20.9 Å². The fraction of sp³-hybridized carbons (Fsp3) is 0.491. The molecule has 1 saturated heterocycles. The number of allylic oxidation sites excluding steroid dienone is 3. The maximum Gasteiger partial charge on any atom is 0.253 e. The molecule has 2 aromatic rings. The van der Waals surface area contributed by atoms with E-state index in [1.807, 2.05) is 18.4 Å². The number of benzene rings is 2. The van der Waals surface area contributed by atoms with Gasteiger partial charge in [-0.1, -0.05) is 12.2 Å². The number of ketones is 2. The van der Waals surface area contributed by atoms with Crippen molar-refractivity contribution in [2.45, 2.75) is 99.6 Å². The molecule has 2 aromatic carbocycles. The first kappa shape index (κ1) is 52.8. The van der Waals surface area contributed by atoms with Gasteiger partial charge >= 0.3 is 0 Å². The Labute approximate surface area is 436 Å². The van der Waals surface area contributed by atoms with E-state index < -0.39 is 120 Å². The summed E-state index contributed by atoms with van der Waals surface area (Å²) in [4.78, 5) is 61.9. The number of aliphatic hydroxyl groups is 7. The number of hydrogen-bond donors (Lipinski definition) is 14. The van der Waals surface area contributed by atoms with Crippen molar-refractivity contribution in [2.24, 2.45) is 45.4 Å². The lowest BCUT2D eigenvalue weighted by Crippen LogP contribution is -2.75. The molecule has 4 aliphatic heterocycles. The second-order valence-electron chi connectivity index (χ2n) is 20.9. The third-order valence-corrected chi connectivity index (χ3v) is 17.3. The van der Waals surface area contributed by atoms with E-state index in [1.54, 1.807) is 6.08 Å². The fourth-order valence-corrected chi connectivity index (χ4v) is 13.8. The van der Waals surface area contributed by atoms with Crippen LogP contribution in [0.2, 0.25) is 0 Å². The number of aliphatic hydroxyl groups excluding tert-OH is 5. The number of nitrogens with one attached hydrogen (secondary N) is 3. The summed E-state index contributed by atoms with van der Waals surface area (Å²) in [6.45, 7) is -2.64. The number of methoxy groups -OCH3 is 1. The van der Waals surface area contributed by atoms with Gasteiger partial charge in [0.25, 0.3) is 11.8 Å². The molecule has 0 spiro atoms. The topological polar surface area (TPSA) is 388 Å². The number of aliphatic imine (C=N–C) groups is 1. The van der Waals surface area contributed by atoms with E-state index in [0.29, 0.717) is 47.9 Å². The normalized spacial score (nSPS) is 32.8. The third kappa shape index (κ3) is 8.01. The average Bonchev–Trinajstić information content (AvgIpc) is 4.11. The van der Waals surface area contributed by atoms with Crippen molar-refractivity contribution < 1.29 is 74.2 Å². The number of rotatable bonds is 14. The molecule has 406 valence electrons. The van der Waals surface area contributed by atoms with Gasteiger partial charge in [-0.25, -0.2) is 0 Å². The number of aromatic hydroxyl groups is 1. The molecule has 2 fully saturated rings. The van der Waals surface area contributed by atoms with Gasteiger partial charge in [-0.3, -0.25) is 29.1 Å². The molecule has 8 aliphatic rings. The van der Waals surface area contributed by atoms with Crippen LogP contribution in [-0.2, 0) is 27.4 Å². The number of fused-ring (bicyclic) bond motifs is 3. The molecule has 1 saturated carbocycles. The van der Waals surface area contributed by atoms with Crippen LogP contribution >= 0.6 is 0 Å². The van der Waals surface area contributed by atoms with Crippen LogP contribution < -0.4 is 42.6 Å². The fourth-order valence-electron chi connectivity index (χ4n) is 13.8. The number of hydrogen-bond acceptors (Lipinski definition) is 20. The van der Waals surface area contributed by atoms with Crippen molar-refractivity contribution in [1.82, 2.24) is 20.9 Å². The van der Waals surface area contributed by atoms with Gasteiger partial charge in [-0.05, 0) is 97.1 Å². The van der Waals surface area contributed by atoms with E-state index in [1.165, 1.54) is 20.2 Å². The van der Waals surface area contributed by atoms with Gasteiger partial charge < -0.3 is 88.2 Å². The van der Waals surface area contributed by atoms with Crippen molar-refractivity contribution in [2.75, 3.05) is 40.5 Å². The smallest absolute Gasteiger partial charge is 0.253 e. The van der Waals surface area contributed by atoms with Crippen molar-refractivity contribution >= 4 is 29.3 Å². The molecule has 0 radical (unpaired) electrons. The lowest BCUT2D eigenvalue weighted by Gasteiger charge is -2.53. The van der Waals surface area contributed by atoms with Crippen LogP contribution in [0.15, 0.2) is 70.7 Å². The lowest BCUT2D eigenvalue weighted by atomic mass is 9.56. The van der Waals surface area contributed by atoms with E-state index in [9.17, 15) is 50.4 Å². The number of guanidine groups is 1. The number of nitrogens with zero attached hydrogens (tertiary/aromatic N) is 2. The largest absolute Gasteiger partial charge is 0.507 e. The summed E-state index contributed by atoms with van der Waals surface area (Å²) < 4.78 is 17.7. The first-order chi connectivity index (χ1) is 36.3. The number of ether oxygens (including phenoxy) is 3. The zero-order valence-electron chi connectivity index (χ0n) is 41.9. The molecule has 0 aromatic heterocycles. The molecule has 12 atom stereocenters. The molecule has 2 amide bonds. The summed E-state index contributed by atoms with van der Waals surface area (Å²) >= 11 is 0. The Morgan fingerprint density at radius 1 is 1.01 bits per heavy atom. The van der Waals surface area contributed by atoms with Crippen molar-refractivity contribution in [3.05, 3.63) is 110 Å². The van der Waals surface area contributed by atoms with Crippen molar-refractivity contribution in [1.29, 1.82) is 0 Å². The first-order valence-electron chi connectivity index (χ1n) is 25.4. The number of amides is 2. The van der Waals surface area contributed by atoms with E-state index in [0.717, 1.165) is 35.1 Å². The Kier molecular flexibility index (Phi) is 13.7. The van der Waals surface area contributed by atoms with Gasteiger partial charge in [-0.15, -0.1) is 0 Å². The van der Waals surface area contributed by atoms with Gasteiger partial charge in [0.2, 0.25) is 17.9 Å². The molecule has 17 N–H and O–H groups in total. The van der Waals surface area contributed by atoms with Crippen LogP contribution in [0.5, 0.6) is 17.2 Å². The summed E-state index contributed by atoms with van der Waals surface area (Å²) in [5.74, 6) is -8.94. The van der Waals surface area contributed by atoms with Crippen LogP contribution in [0.4, 0.5) is 0 Å². The number of carbonyl (C=O) groups is 4. The third-order valence-electron chi connectivity index (χ3n) is 17.3. The van der Waals surface area contributed by atoms with Gasteiger partial charge in [-0.2, -0.15) is 0 Å². The monoisotopic (exact) mass is 1050 g/mol. The second-order valence-corrected chi connectivity index (χ2v) is 20.9. The first-order valence-corrected chi connectivity index (χ1v) is 25.4. The summed E-state index contributed by atoms with van der Waals surface area (Å²) in [7, 11) is 2.73. The Hall–Kier alpha value is -6.67. The molecule has 10 rings (SSSR count). The number of phenols is 1. The summed E-state index contributed by atoms with van der Waals surface area (Å²) in [6, 6.07) is 0.404. The number of carbonyl (C=O) groups excluding carboxylic acids is 4. The quantitative estimate of drug-likeness (QED) is 0.0498. The molecule has 76 heavy (non-hydrogen) atoms. The highest BCUT2D eigenvalue weighted by atomic mass is 16.8. The average molecular weight is 1050 g/mol. The molecule has 0 bridgehead atoms. The molecule has 23 heteroatoms. The molecular weight excluding hydrogens is 989 g/mol. The minimum Gasteiger partial charge on any atom is -0.507 e. The number of nitrogens with two attached hydrogens (primary N) is 3. The van der Waals surface area contributed by atoms with Crippen LogP contribution in [0.1, 0.15) is 105 Å². The summed E-state index contributed by atoms with van der Waals surface area (Å²) in [6.07, 6.45) is 5.69. The molecular formula is C53H64N8O15. The van der Waals surface area contributed by atoms with Gasteiger partial charge in [0.05, 0.1) is 42.9 Å². The molecule has 23 nitrogen and oxygen atoms in total. The van der Waals surface area contributed by atoms with Crippen LogP contribution in [0.3, 0.4) is 0 Å². The maximum absolute atomic E-state index is 15.8. The minimum absolute atomic E-state index is 0.0451. The Balaban J connectivity index is 1.09. The van der Waals surface area contributed by atoms with E-state index in [-0.39, 0.29) is 77.1 Å². The van der Waals surface area contributed by atoms with Crippen LogP contribution in [0.25, 0.3) is 0 Å². The number of dihydropyridines is 2. The van der Waals surface area contributed by atoms with Gasteiger partial charge in [0.1, 0.15) is 41.7 Å². The number of phenolic OH excluding ortho intramolecular Hbond substituents is 1. The van der Waals surface area contributed by atoms with E-state index in [4.69, 9.17) is 31.4 Å². The highest BCUT2D eigenvalue weighted by Crippen LogP contribution is 2.69. The predicted octanol–water partition coefficient (Wildman–Crippen LogP) is -1.47. The zero-order chi connectivity index (χ0) is 54.3. The molecule has 4 aliphatic carbocycles. The van der Waals surface area contributed by atoms with Crippen molar-refractivity contribution in [3.63, 3.8) is 0 Å². The van der Waals surface area contributed by atoms with Crippen LogP contribution in [-0.4, -0.2) is 152 Å². The maximum atomic E-state index is 15.8. The zero-order valence-corrected chi connectivity index (χ0v) is 41.9. The number of imide groups is 1.